The fourth-order valence-electron chi connectivity index (χ4n) is 2.58. The maximum Gasteiger partial charge on any atom is 0.246 e. The first-order valence-electron chi connectivity index (χ1n) is 7.12. The van der Waals surface area contributed by atoms with Crippen molar-refractivity contribution in [1.29, 1.82) is 0 Å². The molecule has 1 aromatic rings. The van der Waals surface area contributed by atoms with Gasteiger partial charge in [0.25, 0.3) is 0 Å². The Kier molecular flexibility index (Phi) is 4.78. The maximum atomic E-state index is 12.9. The van der Waals surface area contributed by atoms with E-state index in [1.807, 2.05) is 6.92 Å². The summed E-state index contributed by atoms with van der Waals surface area (Å²) in [6.45, 7) is 2.98. The monoisotopic (exact) mass is 362 g/mol. The molecule has 1 aliphatic heterocycles. The Labute approximate surface area is 137 Å². The zero-order valence-electron chi connectivity index (χ0n) is 13.4. The minimum absolute atomic E-state index is 0.0577. The molecule has 1 fully saturated rings. The van der Waals surface area contributed by atoms with Crippen molar-refractivity contribution in [3.05, 3.63) is 18.2 Å². The number of sulfonamides is 1. The number of benzene rings is 1. The van der Waals surface area contributed by atoms with Crippen LogP contribution in [0.3, 0.4) is 0 Å². The average molecular weight is 362 g/mol. The molecule has 1 unspecified atom stereocenters. The van der Waals surface area contributed by atoms with Gasteiger partial charge in [0.05, 0.1) is 12.0 Å². The smallest absolute Gasteiger partial charge is 0.246 e. The molecule has 0 aliphatic carbocycles. The average Bonchev–Trinajstić information content (AvgIpc) is 2.89. The molecule has 7 nitrogen and oxygen atoms in total. The number of nitrogens with two attached hydrogens (primary N) is 1. The molecule has 0 saturated carbocycles. The summed E-state index contributed by atoms with van der Waals surface area (Å²) in [6, 6.07) is 3.85. The first-order chi connectivity index (χ1) is 10.5. The van der Waals surface area contributed by atoms with Gasteiger partial charge in [0, 0.05) is 19.3 Å². The van der Waals surface area contributed by atoms with E-state index in [1.165, 1.54) is 23.5 Å². The number of hydrogen-bond acceptors (Lipinski definition) is 6. The van der Waals surface area contributed by atoms with Gasteiger partial charge in [-0.1, -0.05) is 6.92 Å². The lowest BCUT2D eigenvalue weighted by atomic mass is 9.90. The van der Waals surface area contributed by atoms with Gasteiger partial charge < -0.3 is 10.5 Å². The molecule has 130 valence electrons. The van der Waals surface area contributed by atoms with Gasteiger partial charge in [0.2, 0.25) is 10.0 Å². The molecule has 9 heteroatoms. The van der Waals surface area contributed by atoms with Crippen LogP contribution in [0.4, 0.5) is 0 Å². The highest BCUT2D eigenvalue weighted by Gasteiger charge is 2.40. The molecule has 2 rings (SSSR count). The van der Waals surface area contributed by atoms with Gasteiger partial charge in [-0.25, -0.2) is 16.8 Å². The van der Waals surface area contributed by atoms with Crippen LogP contribution >= 0.6 is 0 Å². The van der Waals surface area contributed by atoms with Crippen LogP contribution in [-0.2, 0) is 19.9 Å². The second-order valence-corrected chi connectivity index (χ2v) is 10.1. The van der Waals surface area contributed by atoms with Crippen molar-refractivity contribution < 1.29 is 21.6 Å². The molecule has 1 aliphatic rings. The Hall–Kier alpha value is -1.16. The summed E-state index contributed by atoms with van der Waals surface area (Å²) in [7, 11) is -6.03. The molecule has 0 spiro atoms. The first kappa shape index (κ1) is 18.2. The number of sulfone groups is 1. The third-order valence-corrected chi connectivity index (χ3v) is 7.17. The third-order valence-electron chi connectivity index (χ3n) is 4.20. The van der Waals surface area contributed by atoms with Gasteiger partial charge in [-0.05, 0) is 36.6 Å². The standard InChI is InChI=1S/C14H22N2O5S2/c1-14(9-15)6-7-16(10-14)23(19,20)13-8-11(22(3,17)18)4-5-12(13)21-2/h4-5,8H,6-7,9-10,15H2,1-3H3. The van der Waals surface area contributed by atoms with E-state index in [0.717, 1.165) is 12.3 Å². The largest absolute Gasteiger partial charge is 0.495 e. The summed E-state index contributed by atoms with van der Waals surface area (Å²) in [5.41, 5.74) is 5.45. The predicted molar refractivity (Wildman–Crippen MR) is 86.6 cm³/mol. The van der Waals surface area contributed by atoms with Crippen LogP contribution in [0, 0.1) is 5.41 Å². The number of methoxy groups -OCH3 is 1. The quantitative estimate of drug-likeness (QED) is 0.815. The third kappa shape index (κ3) is 3.52. The molecule has 0 radical (unpaired) electrons. The molecular formula is C14H22N2O5S2. The number of nitrogens with zero attached hydrogens (tertiary/aromatic N) is 1. The minimum atomic E-state index is -3.86. The second-order valence-electron chi connectivity index (χ2n) is 6.19. The van der Waals surface area contributed by atoms with Crippen LogP contribution in [0.1, 0.15) is 13.3 Å². The highest BCUT2D eigenvalue weighted by Crippen LogP contribution is 2.36. The summed E-state index contributed by atoms with van der Waals surface area (Å²) in [6.07, 6.45) is 1.70. The molecule has 1 aromatic carbocycles. The Morgan fingerprint density at radius 1 is 1.30 bits per heavy atom. The van der Waals surface area contributed by atoms with Crippen molar-refractivity contribution in [2.24, 2.45) is 11.1 Å². The summed E-state index contributed by atoms with van der Waals surface area (Å²) in [5, 5.41) is 0. The van der Waals surface area contributed by atoms with E-state index in [4.69, 9.17) is 10.5 Å². The lowest BCUT2D eigenvalue weighted by molar-refractivity contribution is 0.348. The van der Waals surface area contributed by atoms with E-state index in [1.54, 1.807) is 0 Å². The zero-order chi connectivity index (χ0) is 17.5. The maximum absolute atomic E-state index is 12.9. The fourth-order valence-corrected chi connectivity index (χ4v) is 5.07. The van der Waals surface area contributed by atoms with Crippen LogP contribution < -0.4 is 10.5 Å². The molecule has 0 aromatic heterocycles. The van der Waals surface area contributed by atoms with E-state index in [9.17, 15) is 16.8 Å². The minimum Gasteiger partial charge on any atom is -0.495 e. The number of ether oxygens (including phenoxy) is 1. The summed E-state index contributed by atoms with van der Waals surface area (Å²) >= 11 is 0. The lowest BCUT2D eigenvalue weighted by Crippen LogP contribution is -2.34. The molecule has 1 heterocycles. The van der Waals surface area contributed by atoms with Crippen molar-refractivity contribution in [3.63, 3.8) is 0 Å². The normalized spacial score (nSPS) is 23.1. The van der Waals surface area contributed by atoms with Gasteiger partial charge in [-0.15, -0.1) is 0 Å². The molecule has 0 amide bonds. The zero-order valence-corrected chi connectivity index (χ0v) is 15.1. The SMILES string of the molecule is COc1ccc(S(C)(=O)=O)cc1S(=O)(=O)N1CCC(C)(CN)C1. The molecule has 2 N–H and O–H groups in total. The van der Waals surface area contributed by atoms with Crippen LogP contribution in [0.25, 0.3) is 0 Å². The van der Waals surface area contributed by atoms with E-state index < -0.39 is 19.9 Å². The second kappa shape index (κ2) is 6.04. The Morgan fingerprint density at radius 3 is 2.43 bits per heavy atom. The van der Waals surface area contributed by atoms with Gasteiger partial charge in [-0.3, -0.25) is 0 Å². The lowest BCUT2D eigenvalue weighted by Gasteiger charge is -2.23. The van der Waals surface area contributed by atoms with Crippen LogP contribution in [0.2, 0.25) is 0 Å². The van der Waals surface area contributed by atoms with Gasteiger partial charge in [0.1, 0.15) is 10.6 Å². The molecule has 1 atom stereocenters. The molecule has 0 bridgehead atoms. The van der Waals surface area contributed by atoms with Crippen molar-refractivity contribution >= 4 is 19.9 Å². The van der Waals surface area contributed by atoms with Crippen LogP contribution in [0.15, 0.2) is 28.0 Å². The van der Waals surface area contributed by atoms with Crippen LogP contribution in [-0.4, -0.2) is 54.1 Å². The molecular weight excluding hydrogens is 340 g/mol. The van der Waals surface area contributed by atoms with Gasteiger partial charge in [-0.2, -0.15) is 4.31 Å². The summed E-state index contributed by atoms with van der Waals surface area (Å²) in [5.74, 6) is 0.124. The fraction of sp³-hybridized carbons (Fsp3) is 0.571. The van der Waals surface area contributed by atoms with E-state index >= 15 is 0 Å². The van der Waals surface area contributed by atoms with E-state index in [-0.39, 0.29) is 21.0 Å². The van der Waals surface area contributed by atoms with E-state index in [2.05, 4.69) is 0 Å². The Bertz CT molecular complexity index is 804. The first-order valence-corrected chi connectivity index (χ1v) is 10.4. The van der Waals surface area contributed by atoms with Gasteiger partial charge in [0.15, 0.2) is 9.84 Å². The summed E-state index contributed by atoms with van der Waals surface area (Å²) < 4.78 is 55.7. The van der Waals surface area contributed by atoms with Gasteiger partial charge >= 0.3 is 0 Å². The predicted octanol–water partition coefficient (Wildman–Crippen LogP) is 0.458. The van der Waals surface area contributed by atoms with Crippen molar-refractivity contribution in [3.8, 4) is 5.75 Å². The number of hydrogen-bond donors (Lipinski definition) is 1. The summed E-state index contributed by atoms with van der Waals surface area (Å²) in [4.78, 5) is -0.193. The Morgan fingerprint density at radius 2 is 1.96 bits per heavy atom. The molecule has 23 heavy (non-hydrogen) atoms. The highest BCUT2D eigenvalue weighted by molar-refractivity contribution is 7.91. The van der Waals surface area contributed by atoms with Crippen molar-refractivity contribution in [2.75, 3.05) is 33.0 Å². The van der Waals surface area contributed by atoms with E-state index in [0.29, 0.717) is 26.1 Å². The van der Waals surface area contributed by atoms with Crippen molar-refractivity contribution in [1.82, 2.24) is 4.31 Å². The number of rotatable bonds is 5. The highest BCUT2D eigenvalue weighted by atomic mass is 32.2. The Balaban J connectivity index is 2.51. The molecule has 1 saturated heterocycles. The van der Waals surface area contributed by atoms with Crippen LogP contribution in [0.5, 0.6) is 5.75 Å². The topological polar surface area (TPSA) is 107 Å². The van der Waals surface area contributed by atoms with Crippen molar-refractivity contribution in [2.45, 2.75) is 23.1 Å².